The first-order chi connectivity index (χ1) is 14.2. The molecule has 146 valence electrons. The fraction of sp³-hybridized carbons (Fsp3) is 0.217. The van der Waals surface area contributed by atoms with E-state index in [1.807, 2.05) is 12.1 Å². The number of anilines is 2. The maximum absolute atomic E-state index is 12.6. The summed E-state index contributed by atoms with van der Waals surface area (Å²) in [4.78, 5) is 14.8. The largest absolute Gasteiger partial charge is 0.484 e. The van der Waals surface area contributed by atoms with Gasteiger partial charge in [-0.05, 0) is 55.3 Å². The van der Waals surface area contributed by atoms with Crippen LogP contribution in [0, 0.1) is 11.3 Å². The summed E-state index contributed by atoms with van der Waals surface area (Å²) >= 11 is 0. The summed E-state index contributed by atoms with van der Waals surface area (Å²) in [5.74, 6) is 0.893. The van der Waals surface area contributed by atoms with Crippen LogP contribution in [0.5, 0.6) is 5.75 Å². The lowest BCUT2D eigenvalue weighted by molar-refractivity contribution is 0.0992. The van der Waals surface area contributed by atoms with Crippen LogP contribution in [0.15, 0.2) is 59.0 Å². The molecule has 0 saturated carbocycles. The van der Waals surface area contributed by atoms with Crippen LogP contribution in [0.3, 0.4) is 0 Å². The molecule has 2 heterocycles. The summed E-state index contributed by atoms with van der Waals surface area (Å²) in [6.45, 7) is 4.22. The number of nitrogens with zero attached hydrogens (tertiary/aromatic N) is 2. The molecular weight excluding hydrogens is 366 g/mol. The Morgan fingerprint density at radius 1 is 1.24 bits per heavy atom. The number of ether oxygens (including phenoxy) is 1. The lowest BCUT2D eigenvalue weighted by Gasteiger charge is -2.17. The molecule has 3 aromatic rings. The molecule has 29 heavy (non-hydrogen) atoms. The number of furan rings is 1. The van der Waals surface area contributed by atoms with E-state index < -0.39 is 0 Å². The monoisotopic (exact) mass is 387 g/mol. The molecule has 0 unspecified atom stereocenters. The van der Waals surface area contributed by atoms with E-state index in [0.717, 1.165) is 25.2 Å². The van der Waals surface area contributed by atoms with Crippen LogP contribution in [0.25, 0.3) is 0 Å². The van der Waals surface area contributed by atoms with Gasteiger partial charge < -0.3 is 19.4 Å². The molecule has 1 aromatic heterocycles. The van der Waals surface area contributed by atoms with E-state index in [1.165, 1.54) is 11.3 Å². The van der Waals surface area contributed by atoms with Crippen LogP contribution in [-0.4, -0.2) is 19.0 Å². The van der Waals surface area contributed by atoms with Crippen molar-refractivity contribution in [3.63, 3.8) is 0 Å². The van der Waals surface area contributed by atoms with Crippen molar-refractivity contribution < 1.29 is 13.9 Å². The zero-order valence-corrected chi connectivity index (χ0v) is 16.1. The average molecular weight is 387 g/mol. The molecule has 1 aliphatic rings. The summed E-state index contributed by atoms with van der Waals surface area (Å²) in [7, 11) is 0. The van der Waals surface area contributed by atoms with Crippen LogP contribution in [0.2, 0.25) is 0 Å². The van der Waals surface area contributed by atoms with Crippen molar-refractivity contribution in [2.75, 3.05) is 23.3 Å². The van der Waals surface area contributed by atoms with E-state index in [9.17, 15) is 4.79 Å². The van der Waals surface area contributed by atoms with Crippen LogP contribution in [-0.2, 0) is 13.0 Å². The minimum atomic E-state index is -0.310. The van der Waals surface area contributed by atoms with Gasteiger partial charge in [0, 0.05) is 24.5 Å². The Kier molecular flexibility index (Phi) is 5.21. The second-order valence-corrected chi connectivity index (χ2v) is 6.79. The highest BCUT2D eigenvalue weighted by molar-refractivity contribution is 6.02. The van der Waals surface area contributed by atoms with Gasteiger partial charge in [-0.2, -0.15) is 5.26 Å². The van der Waals surface area contributed by atoms with Crippen molar-refractivity contribution in [2.45, 2.75) is 20.0 Å². The number of carbonyl (C=O) groups excluding carboxylic acids is 1. The quantitative estimate of drug-likeness (QED) is 0.680. The number of hydrogen-bond acceptors (Lipinski definition) is 5. The van der Waals surface area contributed by atoms with Gasteiger partial charge in [0.25, 0.3) is 5.91 Å². The van der Waals surface area contributed by atoms with Crippen molar-refractivity contribution in [2.24, 2.45) is 0 Å². The van der Waals surface area contributed by atoms with E-state index in [-0.39, 0.29) is 18.3 Å². The van der Waals surface area contributed by atoms with Gasteiger partial charge in [0.05, 0.1) is 5.56 Å². The van der Waals surface area contributed by atoms with Gasteiger partial charge >= 0.3 is 0 Å². The summed E-state index contributed by atoms with van der Waals surface area (Å²) in [6, 6.07) is 18.4. The predicted molar refractivity (Wildman–Crippen MR) is 110 cm³/mol. The first-order valence-electron chi connectivity index (χ1n) is 9.58. The highest BCUT2D eigenvalue weighted by Crippen LogP contribution is 2.30. The van der Waals surface area contributed by atoms with Crippen molar-refractivity contribution in [3.8, 4) is 11.8 Å². The van der Waals surface area contributed by atoms with E-state index in [0.29, 0.717) is 17.1 Å². The molecule has 6 nitrogen and oxygen atoms in total. The second-order valence-electron chi connectivity index (χ2n) is 6.79. The first-order valence-corrected chi connectivity index (χ1v) is 9.58. The highest BCUT2D eigenvalue weighted by atomic mass is 16.5. The molecule has 1 N–H and O–H groups in total. The second kappa shape index (κ2) is 8.11. The van der Waals surface area contributed by atoms with Crippen LogP contribution < -0.4 is 15.0 Å². The molecule has 4 rings (SSSR count). The van der Waals surface area contributed by atoms with Crippen molar-refractivity contribution in [3.05, 3.63) is 77.2 Å². The number of rotatable bonds is 6. The molecular formula is C23H21N3O3. The number of para-hydroxylation sites is 1. The molecule has 0 bridgehead atoms. The van der Waals surface area contributed by atoms with Gasteiger partial charge in [0.1, 0.15) is 24.2 Å². The Bertz CT molecular complexity index is 1080. The number of benzene rings is 2. The van der Waals surface area contributed by atoms with Crippen LogP contribution >= 0.6 is 0 Å². The van der Waals surface area contributed by atoms with Crippen LogP contribution in [0.4, 0.5) is 11.4 Å². The van der Waals surface area contributed by atoms with Crippen LogP contribution in [0.1, 0.15) is 34.4 Å². The maximum Gasteiger partial charge on any atom is 0.291 e. The third kappa shape index (κ3) is 3.94. The summed E-state index contributed by atoms with van der Waals surface area (Å²) < 4.78 is 11.3. The minimum Gasteiger partial charge on any atom is -0.484 e. The maximum atomic E-state index is 12.6. The Morgan fingerprint density at radius 3 is 2.93 bits per heavy atom. The van der Waals surface area contributed by atoms with E-state index in [1.54, 1.807) is 36.4 Å². The van der Waals surface area contributed by atoms with E-state index in [4.69, 9.17) is 14.4 Å². The molecule has 0 saturated heterocycles. The average Bonchev–Trinajstić information content (AvgIpc) is 3.39. The third-order valence-corrected chi connectivity index (χ3v) is 4.98. The summed E-state index contributed by atoms with van der Waals surface area (Å²) in [6.07, 6.45) is 1.04. The number of nitrogens with one attached hydrogen (secondary N) is 1. The lowest BCUT2D eigenvalue weighted by atomic mass is 10.1. The SMILES string of the molecule is CCN1CCc2ccc(NC(=O)c3ccc(COc4ccccc4C#N)o3)cc21. The smallest absolute Gasteiger partial charge is 0.291 e. The zero-order chi connectivity index (χ0) is 20.2. The molecule has 0 aliphatic carbocycles. The van der Waals surface area contributed by atoms with E-state index in [2.05, 4.69) is 29.3 Å². The fourth-order valence-corrected chi connectivity index (χ4v) is 3.46. The van der Waals surface area contributed by atoms with Gasteiger partial charge in [-0.1, -0.05) is 18.2 Å². The van der Waals surface area contributed by atoms with Gasteiger partial charge in [0.15, 0.2) is 5.76 Å². The highest BCUT2D eigenvalue weighted by Gasteiger charge is 2.19. The van der Waals surface area contributed by atoms with Gasteiger partial charge in [-0.15, -0.1) is 0 Å². The summed E-state index contributed by atoms with van der Waals surface area (Å²) in [5, 5.41) is 12.0. The number of carbonyl (C=O) groups is 1. The topological polar surface area (TPSA) is 78.5 Å². The van der Waals surface area contributed by atoms with Gasteiger partial charge in [-0.25, -0.2) is 0 Å². The number of hydrogen-bond donors (Lipinski definition) is 1. The molecule has 1 aliphatic heterocycles. The molecule has 0 spiro atoms. The number of likely N-dealkylation sites (N-methyl/N-ethyl adjacent to an activating group) is 1. The lowest BCUT2D eigenvalue weighted by Crippen LogP contribution is -2.19. The third-order valence-electron chi connectivity index (χ3n) is 4.98. The molecule has 0 radical (unpaired) electrons. The Balaban J connectivity index is 1.41. The Labute approximate surface area is 169 Å². The molecule has 2 aromatic carbocycles. The zero-order valence-electron chi connectivity index (χ0n) is 16.1. The number of nitriles is 1. The fourth-order valence-electron chi connectivity index (χ4n) is 3.46. The van der Waals surface area contributed by atoms with Crippen molar-refractivity contribution in [1.29, 1.82) is 5.26 Å². The van der Waals surface area contributed by atoms with Gasteiger partial charge in [-0.3, -0.25) is 4.79 Å². The minimum absolute atomic E-state index is 0.135. The predicted octanol–water partition coefficient (Wildman–Crippen LogP) is 4.36. The van der Waals surface area contributed by atoms with Crippen molar-refractivity contribution >= 4 is 17.3 Å². The van der Waals surface area contributed by atoms with Crippen molar-refractivity contribution in [1.82, 2.24) is 0 Å². The number of amides is 1. The molecule has 0 atom stereocenters. The first kappa shape index (κ1) is 18.6. The molecule has 6 heteroatoms. The molecule has 1 amide bonds. The number of fused-ring (bicyclic) bond motifs is 1. The van der Waals surface area contributed by atoms with E-state index >= 15 is 0 Å². The Hall–Kier alpha value is -3.72. The Morgan fingerprint density at radius 2 is 2.10 bits per heavy atom. The standard InChI is InChI=1S/C23H21N3O3/c1-2-26-12-11-16-7-8-18(13-20(16)26)25-23(27)22-10-9-19(29-22)15-28-21-6-4-3-5-17(21)14-24/h3-10,13H,2,11-12,15H2,1H3,(H,25,27). The molecule has 0 fully saturated rings. The van der Waals surface area contributed by atoms with Gasteiger partial charge in [0.2, 0.25) is 0 Å². The summed E-state index contributed by atoms with van der Waals surface area (Å²) in [5.41, 5.74) is 3.68. The normalized spacial score (nSPS) is 12.3.